The van der Waals surface area contributed by atoms with E-state index in [1.54, 1.807) is 0 Å². The van der Waals surface area contributed by atoms with E-state index in [0.29, 0.717) is 33.0 Å². The molecule has 0 aliphatic carbocycles. The molecule has 24 heavy (non-hydrogen) atoms. The molecule has 1 aliphatic heterocycles. The molecule has 4 nitrogen and oxygen atoms in total. The monoisotopic (exact) mass is 700 g/mol. The Balaban J connectivity index is 0.000000647. The Labute approximate surface area is 178 Å². The smallest absolute Gasteiger partial charge is 0.227 e. The molecule has 0 amide bonds. The molecule has 2 aromatic heterocycles. The maximum absolute atomic E-state index is 12.0. The third kappa shape index (κ3) is 6.63. The largest absolute Gasteiger partial charge is 0.318 e. The number of hydrogen-bond acceptors (Lipinski definition) is 5. The van der Waals surface area contributed by atoms with E-state index in [1.165, 1.54) is 22.7 Å². The number of carbonyl (C=O) groups is 2. The number of quaternary nitrogens is 1. The summed E-state index contributed by atoms with van der Waals surface area (Å²) in [7, 11) is 0. The molecule has 1 aliphatic rings. The number of hydrogen-bond donors (Lipinski definition) is 1. The van der Waals surface area contributed by atoms with Gasteiger partial charge in [-0.25, -0.2) is 0 Å². The first-order valence-electron chi connectivity index (χ1n) is 6.91. The van der Waals surface area contributed by atoms with Gasteiger partial charge >= 0.3 is 50.5 Å². The fourth-order valence-electron chi connectivity index (χ4n) is 2.23. The van der Waals surface area contributed by atoms with Crippen LogP contribution in [0.4, 0.5) is 0 Å². The second kappa shape index (κ2) is 11.2. The number of carbonyl (C=O) groups excluding carboxylic acids is 2. The fraction of sp³-hybridized carbons (Fsp3) is 0.200. The molecule has 0 spiro atoms. The van der Waals surface area contributed by atoms with Gasteiger partial charge in [-0.1, -0.05) is 12.1 Å². The number of nitrogens with one attached hydrogen (secondary N) is 1. The van der Waals surface area contributed by atoms with E-state index in [4.69, 9.17) is 0 Å². The van der Waals surface area contributed by atoms with Crippen molar-refractivity contribution < 1.29 is 27.7 Å². The number of halogens is 3. The SMILES string of the molecule is I[I-]I.O=C(CN1C=C[NH+](CC(=O)c2cccs2)C1)c1cccs1. The van der Waals surface area contributed by atoms with Crippen molar-refractivity contribution in [2.75, 3.05) is 19.8 Å². The van der Waals surface area contributed by atoms with Crippen LogP contribution in [0.25, 0.3) is 0 Å². The molecule has 9 heteroatoms. The van der Waals surface area contributed by atoms with Crippen molar-refractivity contribution in [2.24, 2.45) is 0 Å². The molecule has 0 radical (unpaired) electrons. The second-order valence-electron chi connectivity index (χ2n) is 4.91. The Kier molecular flexibility index (Phi) is 9.69. The predicted molar refractivity (Wildman–Crippen MR) is 112 cm³/mol. The van der Waals surface area contributed by atoms with Gasteiger partial charge in [-0.15, -0.1) is 22.7 Å². The number of Topliss-reactive ketones (excluding diaryl/α,β-unsaturated/α-hetero) is 2. The summed E-state index contributed by atoms with van der Waals surface area (Å²) in [6.07, 6.45) is 3.86. The second-order valence-corrected chi connectivity index (χ2v) is 23.1. The molecular weight excluding hydrogens is 685 g/mol. The van der Waals surface area contributed by atoms with E-state index in [0.717, 1.165) is 14.7 Å². The van der Waals surface area contributed by atoms with Crippen LogP contribution in [0.2, 0.25) is 0 Å². The van der Waals surface area contributed by atoms with E-state index < -0.39 is 0 Å². The quantitative estimate of drug-likeness (QED) is 0.349. The van der Waals surface area contributed by atoms with Crippen LogP contribution in [0, 0.1) is 0 Å². The normalized spacial score (nSPS) is 16.1. The van der Waals surface area contributed by atoms with Crippen LogP contribution in [0.1, 0.15) is 19.3 Å². The van der Waals surface area contributed by atoms with E-state index in [-0.39, 0.29) is 11.6 Å². The minimum absolute atomic E-state index is 0.125. The zero-order chi connectivity index (χ0) is 17.4. The van der Waals surface area contributed by atoms with Gasteiger partial charge in [-0.2, -0.15) is 0 Å². The molecule has 2 aromatic rings. The van der Waals surface area contributed by atoms with Gasteiger partial charge in [0.25, 0.3) is 0 Å². The average molecular weight is 700 g/mol. The molecule has 130 valence electrons. The van der Waals surface area contributed by atoms with Crippen LogP contribution in [0.15, 0.2) is 47.4 Å². The Morgan fingerprint density at radius 2 is 1.71 bits per heavy atom. The summed E-state index contributed by atoms with van der Waals surface area (Å²) in [5.41, 5.74) is 0. The van der Waals surface area contributed by atoms with Crippen LogP contribution in [-0.2, 0) is 0 Å². The van der Waals surface area contributed by atoms with Crippen LogP contribution < -0.4 is 18.2 Å². The minimum Gasteiger partial charge on any atom is -0.318 e. The Hall–Kier alpha value is 0.430. The Bertz CT molecular complexity index is 619. The van der Waals surface area contributed by atoms with Gasteiger partial charge in [-0.05, 0) is 22.9 Å². The zero-order valence-corrected chi connectivity index (χ0v) is 20.6. The Morgan fingerprint density at radius 3 is 2.25 bits per heavy atom. The van der Waals surface area contributed by atoms with Gasteiger partial charge in [0, 0.05) is 0 Å². The first kappa shape index (κ1) is 20.7. The fourth-order valence-corrected chi connectivity index (χ4v) is 3.55. The first-order valence-corrected chi connectivity index (χ1v) is 21.2. The molecule has 1 atom stereocenters. The number of rotatable bonds is 6. The molecule has 0 bridgehead atoms. The van der Waals surface area contributed by atoms with Crippen molar-refractivity contribution in [2.45, 2.75) is 0 Å². The van der Waals surface area contributed by atoms with E-state index in [1.807, 2.05) is 52.3 Å². The summed E-state index contributed by atoms with van der Waals surface area (Å²) in [4.78, 5) is 28.7. The summed E-state index contributed by atoms with van der Waals surface area (Å²) < 4.78 is 0. The van der Waals surface area contributed by atoms with Crippen molar-refractivity contribution >= 4 is 71.5 Å². The summed E-state index contributed by atoms with van der Waals surface area (Å²) in [6.45, 7) is 1.46. The van der Waals surface area contributed by atoms with Crippen molar-refractivity contribution in [3.63, 3.8) is 0 Å². The maximum atomic E-state index is 12.0. The van der Waals surface area contributed by atoms with Crippen LogP contribution >= 0.6 is 59.9 Å². The maximum Gasteiger partial charge on any atom is 0.227 e. The number of ketones is 2. The number of nitrogens with zero attached hydrogens (tertiary/aromatic N) is 1. The topological polar surface area (TPSA) is 41.8 Å². The molecule has 3 heterocycles. The first-order chi connectivity index (χ1) is 11.6. The molecular formula is C15H15I3N2O2S2. The van der Waals surface area contributed by atoms with Crippen molar-refractivity contribution in [3.8, 4) is 0 Å². The van der Waals surface area contributed by atoms with E-state index >= 15 is 0 Å². The third-order valence-electron chi connectivity index (χ3n) is 3.25. The van der Waals surface area contributed by atoms with Gasteiger partial charge in [0.1, 0.15) is 12.7 Å². The minimum atomic E-state index is 0.125. The molecule has 0 aromatic carbocycles. The summed E-state index contributed by atoms with van der Waals surface area (Å²) >= 11 is 8.24. The summed E-state index contributed by atoms with van der Waals surface area (Å²) in [6, 6.07) is 7.47. The van der Waals surface area contributed by atoms with Gasteiger partial charge in [-0.3, -0.25) is 14.5 Å². The molecule has 3 rings (SSSR count). The van der Waals surface area contributed by atoms with Crippen LogP contribution in [0.5, 0.6) is 0 Å². The zero-order valence-electron chi connectivity index (χ0n) is 12.5. The van der Waals surface area contributed by atoms with Gasteiger partial charge in [0.05, 0.1) is 22.5 Å². The summed E-state index contributed by atoms with van der Waals surface area (Å²) in [5.74, 6) is 0.275. The van der Waals surface area contributed by atoms with Crippen molar-refractivity contribution in [1.29, 1.82) is 0 Å². The predicted octanol–water partition coefficient (Wildman–Crippen LogP) is 0.280. The van der Waals surface area contributed by atoms with Gasteiger partial charge in [0.2, 0.25) is 5.78 Å². The molecule has 0 saturated carbocycles. The standard InChI is InChI=1S/C15H14N2O2S2.I3/c18-12(14-3-1-7-20-14)9-16-5-6-17(11-16)10-13(19)15-4-2-8-21-15;1-3-2/h1-8H,9-11H2;/q;-1/p+1. The van der Waals surface area contributed by atoms with Crippen LogP contribution in [0.3, 0.4) is 0 Å². The van der Waals surface area contributed by atoms with Crippen molar-refractivity contribution in [1.82, 2.24) is 4.90 Å². The van der Waals surface area contributed by atoms with Crippen LogP contribution in [-0.4, -0.2) is 36.2 Å². The third-order valence-corrected chi connectivity index (χ3v) is 5.08. The van der Waals surface area contributed by atoms with Gasteiger partial charge in [0.15, 0.2) is 12.5 Å². The number of thiophene rings is 2. The molecule has 1 unspecified atom stereocenters. The average Bonchev–Trinajstić information content (AvgIpc) is 3.31. The van der Waals surface area contributed by atoms with Crippen molar-refractivity contribution in [3.05, 3.63) is 57.2 Å². The molecule has 0 fully saturated rings. The van der Waals surface area contributed by atoms with E-state index in [9.17, 15) is 9.59 Å². The molecule has 1 N–H and O–H groups in total. The molecule has 0 saturated heterocycles. The Morgan fingerprint density at radius 1 is 1.12 bits per heavy atom. The van der Waals surface area contributed by atoms with E-state index in [2.05, 4.69) is 37.2 Å². The van der Waals surface area contributed by atoms with Gasteiger partial charge < -0.3 is 4.90 Å². The summed E-state index contributed by atoms with van der Waals surface area (Å²) in [5, 5.41) is 3.82.